The molecule has 8 nitrogen and oxygen atoms in total. The van der Waals surface area contributed by atoms with Crippen LogP contribution < -0.4 is 5.32 Å². The molecule has 1 aromatic rings. The summed E-state index contributed by atoms with van der Waals surface area (Å²) in [5, 5.41) is 2.44. The fourth-order valence-electron chi connectivity index (χ4n) is 2.66. The Kier molecular flexibility index (Phi) is 7.13. The smallest absolute Gasteiger partial charge is 0.325 e. The van der Waals surface area contributed by atoms with Gasteiger partial charge in [-0.05, 0) is 25.0 Å². The number of nitrogens with zero attached hydrogens (tertiary/aromatic N) is 1. The summed E-state index contributed by atoms with van der Waals surface area (Å²) >= 11 is 0. The zero-order valence-corrected chi connectivity index (χ0v) is 14.6. The number of esters is 2. The van der Waals surface area contributed by atoms with Gasteiger partial charge < -0.3 is 19.7 Å². The molecule has 26 heavy (non-hydrogen) atoms. The first-order valence-corrected chi connectivity index (χ1v) is 8.35. The average molecular weight is 362 g/mol. The number of nitrogens with one attached hydrogen (secondary N) is 1. The highest BCUT2D eigenvalue weighted by atomic mass is 16.5. The fourth-order valence-corrected chi connectivity index (χ4v) is 2.66. The molecule has 1 N–H and O–H groups in total. The number of amides is 2. The molecular weight excluding hydrogens is 340 g/mol. The van der Waals surface area contributed by atoms with E-state index in [9.17, 15) is 19.2 Å². The maximum atomic E-state index is 12.1. The second-order valence-electron chi connectivity index (χ2n) is 5.89. The number of hydrogen-bond donors (Lipinski definition) is 1. The van der Waals surface area contributed by atoms with Gasteiger partial charge in [0.2, 0.25) is 0 Å². The molecule has 0 aliphatic carbocycles. The van der Waals surface area contributed by atoms with Crippen molar-refractivity contribution in [3.05, 3.63) is 35.9 Å². The van der Waals surface area contributed by atoms with Gasteiger partial charge in [0.15, 0.2) is 6.61 Å². The molecule has 0 saturated carbocycles. The molecule has 0 spiro atoms. The molecule has 1 heterocycles. The monoisotopic (exact) mass is 362 g/mol. The van der Waals surface area contributed by atoms with Gasteiger partial charge >= 0.3 is 11.9 Å². The van der Waals surface area contributed by atoms with Crippen LogP contribution in [0.4, 0.5) is 0 Å². The predicted octanol–water partition coefficient (Wildman–Crippen LogP) is 0.371. The first-order chi connectivity index (χ1) is 12.5. The minimum atomic E-state index is -0.688. The number of piperidine rings is 1. The van der Waals surface area contributed by atoms with Crippen LogP contribution in [-0.2, 0) is 23.9 Å². The second kappa shape index (κ2) is 9.55. The summed E-state index contributed by atoms with van der Waals surface area (Å²) < 4.78 is 9.60. The van der Waals surface area contributed by atoms with E-state index in [0.29, 0.717) is 31.5 Å². The third-order valence-corrected chi connectivity index (χ3v) is 4.17. The van der Waals surface area contributed by atoms with Crippen LogP contribution in [0.25, 0.3) is 0 Å². The molecule has 140 valence electrons. The molecule has 0 bridgehead atoms. The summed E-state index contributed by atoms with van der Waals surface area (Å²) in [4.78, 5) is 48.6. The lowest BCUT2D eigenvalue weighted by atomic mass is 9.97. The third kappa shape index (κ3) is 5.58. The Labute approximate surface area is 151 Å². The Morgan fingerprint density at radius 1 is 1.12 bits per heavy atom. The van der Waals surface area contributed by atoms with Gasteiger partial charge in [-0.1, -0.05) is 18.2 Å². The molecule has 0 unspecified atom stereocenters. The molecule has 8 heteroatoms. The number of ether oxygens (including phenoxy) is 2. The zero-order chi connectivity index (χ0) is 18.9. The molecule has 1 aliphatic rings. The SMILES string of the molecule is COC(=O)C1CCN(C(=O)COC(=O)CNC(=O)c2ccccc2)CC1. The van der Waals surface area contributed by atoms with Gasteiger partial charge in [0.25, 0.3) is 11.8 Å². The van der Waals surface area contributed by atoms with Gasteiger partial charge in [-0.25, -0.2) is 0 Å². The van der Waals surface area contributed by atoms with E-state index in [1.807, 2.05) is 0 Å². The number of methoxy groups -OCH3 is 1. The average Bonchev–Trinajstić information content (AvgIpc) is 2.70. The van der Waals surface area contributed by atoms with Crippen molar-refractivity contribution in [2.75, 3.05) is 33.4 Å². The number of rotatable bonds is 6. The molecule has 1 fully saturated rings. The van der Waals surface area contributed by atoms with Gasteiger partial charge in [0.1, 0.15) is 6.54 Å². The Morgan fingerprint density at radius 3 is 2.38 bits per heavy atom. The first-order valence-electron chi connectivity index (χ1n) is 8.35. The highest BCUT2D eigenvalue weighted by molar-refractivity contribution is 5.96. The molecule has 0 aromatic heterocycles. The van der Waals surface area contributed by atoms with Crippen molar-refractivity contribution in [2.24, 2.45) is 5.92 Å². The van der Waals surface area contributed by atoms with E-state index in [1.165, 1.54) is 7.11 Å². The van der Waals surface area contributed by atoms with Crippen LogP contribution in [-0.4, -0.2) is 62.0 Å². The molecule has 0 atom stereocenters. The fraction of sp³-hybridized carbons (Fsp3) is 0.444. The predicted molar refractivity (Wildman–Crippen MR) is 91.1 cm³/mol. The van der Waals surface area contributed by atoms with E-state index in [2.05, 4.69) is 5.32 Å². The molecule has 1 aliphatic heterocycles. The van der Waals surface area contributed by atoms with E-state index >= 15 is 0 Å². The Balaban J connectivity index is 1.67. The standard InChI is InChI=1S/C18H22N2O6/c1-25-18(24)14-7-9-20(10-8-14)15(21)12-26-16(22)11-19-17(23)13-5-3-2-4-6-13/h2-6,14H,7-12H2,1H3,(H,19,23). The molecular formula is C18H22N2O6. The largest absolute Gasteiger partial charge is 0.469 e. The zero-order valence-electron chi connectivity index (χ0n) is 14.6. The van der Waals surface area contributed by atoms with Crippen molar-refractivity contribution in [1.29, 1.82) is 0 Å². The van der Waals surface area contributed by atoms with E-state index in [1.54, 1.807) is 35.2 Å². The summed E-state index contributed by atoms with van der Waals surface area (Å²) in [6, 6.07) is 8.47. The summed E-state index contributed by atoms with van der Waals surface area (Å²) in [7, 11) is 1.34. The number of likely N-dealkylation sites (tertiary alicyclic amines) is 1. The van der Waals surface area contributed by atoms with Crippen LogP contribution in [0.5, 0.6) is 0 Å². The lowest BCUT2D eigenvalue weighted by molar-refractivity contribution is -0.153. The van der Waals surface area contributed by atoms with Gasteiger partial charge in [0.05, 0.1) is 13.0 Å². The van der Waals surface area contributed by atoms with Crippen LogP contribution in [0.3, 0.4) is 0 Å². The summed E-state index contributed by atoms with van der Waals surface area (Å²) in [6.07, 6.45) is 1.05. The van der Waals surface area contributed by atoms with Crippen LogP contribution in [0.2, 0.25) is 0 Å². The van der Waals surface area contributed by atoms with Crippen LogP contribution in [0.1, 0.15) is 23.2 Å². The summed E-state index contributed by atoms with van der Waals surface area (Å²) in [6.45, 7) is 0.135. The maximum Gasteiger partial charge on any atom is 0.325 e. The molecule has 2 rings (SSSR count). The molecule has 1 aromatic carbocycles. The van der Waals surface area contributed by atoms with Gasteiger partial charge in [-0.15, -0.1) is 0 Å². The highest BCUT2D eigenvalue weighted by Gasteiger charge is 2.28. The number of carbonyl (C=O) groups excluding carboxylic acids is 4. The van der Waals surface area contributed by atoms with E-state index in [4.69, 9.17) is 9.47 Å². The Hall–Kier alpha value is -2.90. The summed E-state index contributed by atoms with van der Waals surface area (Å²) in [5.74, 6) is -1.86. The van der Waals surface area contributed by atoms with E-state index in [0.717, 1.165) is 0 Å². The lowest BCUT2D eigenvalue weighted by Crippen LogP contribution is -2.42. The normalized spacial score (nSPS) is 14.4. The minimum Gasteiger partial charge on any atom is -0.469 e. The van der Waals surface area contributed by atoms with Gasteiger partial charge in [-0.2, -0.15) is 0 Å². The van der Waals surface area contributed by atoms with Crippen LogP contribution in [0.15, 0.2) is 30.3 Å². The van der Waals surface area contributed by atoms with Crippen LogP contribution >= 0.6 is 0 Å². The maximum absolute atomic E-state index is 12.1. The van der Waals surface area contributed by atoms with E-state index in [-0.39, 0.29) is 30.9 Å². The van der Waals surface area contributed by atoms with Gasteiger partial charge in [0, 0.05) is 18.7 Å². The Morgan fingerprint density at radius 2 is 1.77 bits per heavy atom. The topological polar surface area (TPSA) is 102 Å². The highest BCUT2D eigenvalue weighted by Crippen LogP contribution is 2.18. The van der Waals surface area contributed by atoms with Gasteiger partial charge in [-0.3, -0.25) is 19.2 Å². The lowest BCUT2D eigenvalue weighted by Gasteiger charge is -2.30. The number of hydrogen-bond acceptors (Lipinski definition) is 6. The Bertz CT molecular complexity index is 653. The molecule has 2 amide bonds. The van der Waals surface area contributed by atoms with Crippen molar-refractivity contribution in [1.82, 2.24) is 10.2 Å². The van der Waals surface area contributed by atoms with Crippen molar-refractivity contribution in [3.63, 3.8) is 0 Å². The first kappa shape index (κ1) is 19.4. The number of carbonyl (C=O) groups is 4. The molecule has 1 saturated heterocycles. The molecule has 0 radical (unpaired) electrons. The third-order valence-electron chi connectivity index (χ3n) is 4.17. The van der Waals surface area contributed by atoms with Crippen molar-refractivity contribution in [2.45, 2.75) is 12.8 Å². The summed E-state index contributed by atoms with van der Waals surface area (Å²) in [5.41, 5.74) is 0.435. The minimum absolute atomic E-state index is 0.195. The quantitative estimate of drug-likeness (QED) is 0.734. The second-order valence-corrected chi connectivity index (χ2v) is 5.89. The van der Waals surface area contributed by atoms with Crippen molar-refractivity contribution < 1.29 is 28.7 Å². The van der Waals surface area contributed by atoms with Crippen molar-refractivity contribution >= 4 is 23.8 Å². The van der Waals surface area contributed by atoms with E-state index < -0.39 is 11.9 Å². The number of benzene rings is 1. The van der Waals surface area contributed by atoms with Crippen molar-refractivity contribution in [3.8, 4) is 0 Å². The van der Waals surface area contributed by atoms with Crippen LogP contribution in [0, 0.1) is 5.92 Å².